The van der Waals surface area contributed by atoms with Crippen LogP contribution in [0, 0.1) is 23.7 Å². The van der Waals surface area contributed by atoms with E-state index in [-0.39, 0.29) is 18.6 Å². The lowest BCUT2D eigenvalue weighted by Gasteiger charge is -2.29. The largest absolute Gasteiger partial charge is 0.396 e. The van der Waals surface area contributed by atoms with Crippen molar-refractivity contribution in [1.82, 2.24) is 10.8 Å². The van der Waals surface area contributed by atoms with Crippen LogP contribution in [0.5, 0.6) is 0 Å². The summed E-state index contributed by atoms with van der Waals surface area (Å²) in [6, 6.07) is 5.11. The van der Waals surface area contributed by atoms with Gasteiger partial charge in [-0.2, -0.15) is 0 Å². The maximum absolute atomic E-state index is 12.3. The summed E-state index contributed by atoms with van der Waals surface area (Å²) >= 11 is 0. The van der Waals surface area contributed by atoms with E-state index >= 15 is 0 Å². The quantitative estimate of drug-likeness (QED) is 0.217. The van der Waals surface area contributed by atoms with E-state index in [4.69, 9.17) is 16.0 Å². The highest BCUT2D eigenvalue weighted by Crippen LogP contribution is 2.09. The molecule has 1 unspecified atom stereocenters. The molecule has 0 aliphatic rings. The molecule has 8 heteroatoms. The zero-order valence-corrected chi connectivity index (χ0v) is 15.1. The molecule has 144 valence electrons. The van der Waals surface area contributed by atoms with Crippen LogP contribution in [0.2, 0.25) is 0 Å². The van der Waals surface area contributed by atoms with Crippen LogP contribution in [0.3, 0.4) is 0 Å². The summed E-state index contributed by atoms with van der Waals surface area (Å²) in [7, 11) is 0. The fourth-order valence-electron chi connectivity index (χ4n) is 1.99. The Bertz CT molecular complexity index is 776. The summed E-state index contributed by atoms with van der Waals surface area (Å²) in [6.45, 7) is 2.93. The fourth-order valence-corrected chi connectivity index (χ4v) is 1.99. The smallest absolute Gasteiger partial charge is 0.267 e. The number of carbonyl (C=O) groups is 2. The molecule has 2 amide bonds. The van der Waals surface area contributed by atoms with Crippen LogP contribution in [0.15, 0.2) is 24.3 Å². The van der Waals surface area contributed by atoms with E-state index in [1.165, 1.54) is 17.6 Å². The molecule has 0 fully saturated rings. The Morgan fingerprint density at radius 1 is 1.22 bits per heavy atom. The van der Waals surface area contributed by atoms with Gasteiger partial charge < -0.3 is 21.3 Å². The topological polar surface area (TPSA) is 145 Å². The van der Waals surface area contributed by atoms with Gasteiger partial charge in [-0.1, -0.05) is 11.8 Å². The Kier molecular flexibility index (Phi) is 8.46. The van der Waals surface area contributed by atoms with Crippen molar-refractivity contribution in [3.63, 3.8) is 0 Å². The van der Waals surface area contributed by atoms with Crippen molar-refractivity contribution < 1.29 is 25.0 Å². The molecule has 1 rings (SSSR count). The average Bonchev–Trinajstić information content (AvgIpc) is 2.62. The number of rotatable bonds is 6. The normalized spacial score (nSPS) is 12.5. The molecule has 0 heterocycles. The van der Waals surface area contributed by atoms with E-state index in [0.29, 0.717) is 5.56 Å². The molecule has 27 heavy (non-hydrogen) atoms. The number of hydroxylamine groups is 1. The Balaban J connectivity index is 2.81. The first-order chi connectivity index (χ1) is 12.7. The minimum Gasteiger partial charge on any atom is -0.396 e. The summed E-state index contributed by atoms with van der Waals surface area (Å²) in [5.41, 5.74) is 7.14. The minimum atomic E-state index is -1.13. The highest BCUT2D eigenvalue weighted by atomic mass is 16.5. The second-order valence-corrected chi connectivity index (χ2v) is 6.33. The molecule has 0 radical (unpaired) electrons. The first-order valence-electron chi connectivity index (χ1n) is 8.13. The second-order valence-electron chi connectivity index (χ2n) is 6.33. The summed E-state index contributed by atoms with van der Waals surface area (Å²) < 4.78 is 0. The van der Waals surface area contributed by atoms with E-state index in [0.717, 1.165) is 0 Å². The van der Waals surface area contributed by atoms with Gasteiger partial charge in [0.2, 0.25) is 0 Å². The van der Waals surface area contributed by atoms with Crippen molar-refractivity contribution in [2.75, 3.05) is 6.61 Å². The lowest BCUT2D eigenvalue weighted by atomic mass is 9.95. The molecule has 0 saturated heterocycles. The number of aliphatic hydroxyl groups excluding tert-OH is 2. The lowest BCUT2D eigenvalue weighted by molar-refractivity contribution is -0.132. The van der Waals surface area contributed by atoms with Gasteiger partial charge >= 0.3 is 0 Å². The lowest BCUT2D eigenvalue weighted by Crippen LogP contribution is -2.61. The molecule has 1 aromatic rings. The monoisotopic (exact) mass is 373 g/mol. The Morgan fingerprint density at radius 2 is 1.85 bits per heavy atom. The third-order valence-electron chi connectivity index (χ3n) is 3.45. The Labute approximate surface area is 157 Å². The van der Waals surface area contributed by atoms with Gasteiger partial charge in [-0.15, -0.1) is 0 Å². The molecule has 0 aromatic heterocycles. The van der Waals surface area contributed by atoms with Gasteiger partial charge in [0.25, 0.3) is 11.8 Å². The third kappa shape index (κ3) is 7.48. The van der Waals surface area contributed by atoms with Gasteiger partial charge in [0.1, 0.15) is 12.1 Å². The SMILES string of the molecule is CC(C)(N)[C@H](NC(=O)c1ccc(C#CC#CC(O)CCO)cc1)C(=O)NO. The van der Waals surface area contributed by atoms with Crippen LogP contribution in [-0.2, 0) is 4.79 Å². The van der Waals surface area contributed by atoms with E-state index in [1.807, 2.05) is 0 Å². The van der Waals surface area contributed by atoms with E-state index in [1.54, 1.807) is 26.0 Å². The van der Waals surface area contributed by atoms with Crippen LogP contribution in [0.1, 0.15) is 36.2 Å². The van der Waals surface area contributed by atoms with Gasteiger partial charge in [0.15, 0.2) is 0 Å². The molecular formula is C19H23N3O5. The summed E-state index contributed by atoms with van der Waals surface area (Å²) in [6.07, 6.45) is -0.765. The van der Waals surface area contributed by atoms with Crippen molar-refractivity contribution >= 4 is 11.8 Å². The van der Waals surface area contributed by atoms with Crippen molar-refractivity contribution in [3.8, 4) is 23.7 Å². The molecule has 0 aliphatic heterocycles. The highest BCUT2D eigenvalue weighted by molar-refractivity contribution is 5.97. The molecule has 0 saturated carbocycles. The molecular weight excluding hydrogens is 350 g/mol. The third-order valence-corrected chi connectivity index (χ3v) is 3.45. The zero-order chi connectivity index (χ0) is 20.4. The van der Waals surface area contributed by atoms with Crippen molar-refractivity contribution in [2.24, 2.45) is 5.73 Å². The van der Waals surface area contributed by atoms with Crippen LogP contribution >= 0.6 is 0 Å². The van der Waals surface area contributed by atoms with Crippen LogP contribution in [0.25, 0.3) is 0 Å². The van der Waals surface area contributed by atoms with Gasteiger partial charge in [0, 0.05) is 29.7 Å². The molecule has 7 N–H and O–H groups in total. The molecule has 0 spiro atoms. The number of hydrogen-bond acceptors (Lipinski definition) is 6. The molecule has 0 aliphatic carbocycles. The zero-order valence-electron chi connectivity index (χ0n) is 15.1. The van der Waals surface area contributed by atoms with E-state index < -0.39 is 29.5 Å². The maximum Gasteiger partial charge on any atom is 0.267 e. The van der Waals surface area contributed by atoms with Gasteiger partial charge in [-0.3, -0.25) is 14.8 Å². The fraction of sp³-hybridized carbons (Fsp3) is 0.368. The van der Waals surface area contributed by atoms with Crippen LogP contribution in [0.4, 0.5) is 0 Å². The van der Waals surface area contributed by atoms with E-state index in [9.17, 15) is 14.7 Å². The summed E-state index contributed by atoms with van der Waals surface area (Å²) in [5, 5.41) is 29.3. The molecule has 0 bridgehead atoms. The van der Waals surface area contributed by atoms with Crippen molar-refractivity contribution in [3.05, 3.63) is 35.4 Å². The minimum absolute atomic E-state index is 0.158. The number of carbonyl (C=O) groups excluding carboxylic acids is 2. The van der Waals surface area contributed by atoms with Gasteiger partial charge in [-0.25, -0.2) is 5.48 Å². The summed E-state index contributed by atoms with van der Waals surface area (Å²) in [4.78, 5) is 24.0. The maximum atomic E-state index is 12.3. The summed E-state index contributed by atoms with van der Waals surface area (Å²) in [5.74, 6) is 8.92. The van der Waals surface area contributed by atoms with Crippen LogP contribution in [-0.4, -0.2) is 51.5 Å². The van der Waals surface area contributed by atoms with E-state index in [2.05, 4.69) is 29.0 Å². The first kappa shape index (κ1) is 22.2. The number of nitrogens with one attached hydrogen (secondary N) is 2. The molecule has 1 aromatic carbocycles. The highest BCUT2D eigenvalue weighted by Gasteiger charge is 2.33. The average molecular weight is 373 g/mol. The number of hydrogen-bond donors (Lipinski definition) is 6. The number of nitrogens with two attached hydrogens (primary N) is 1. The molecule has 2 atom stereocenters. The van der Waals surface area contributed by atoms with Crippen LogP contribution < -0.4 is 16.5 Å². The Hall–Kier alpha value is -2.88. The van der Waals surface area contributed by atoms with Gasteiger partial charge in [-0.05, 0) is 50.0 Å². The number of benzene rings is 1. The predicted octanol–water partition coefficient (Wildman–Crippen LogP) is -0.874. The number of aliphatic hydroxyl groups is 2. The molecule has 8 nitrogen and oxygen atoms in total. The second kappa shape index (κ2) is 10.3. The number of amides is 2. The first-order valence-corrected chi connectivity index (χ1v) is 8.13. The Morgan fingerprint density at radius 3 is 2.37 bits per heavy atom. The predicted molar refractivity (Wildman–Crippen MR) is 98.3 cm³/mol. The van der Waals surface area contributed by atoms with Crippen molar-refractivity contribution in [1.29, 1.82) is 0 Å². The van der Waals surface area contributed by atoms with Crippen molar-refractivity contribution in [2.45, 2.75) is 38.0 Å². The van der Waals surface area contributed by atoms with Gasteiger partial charge in [0.05, 0.1) is 0 Å². The standard InChI is InChI=1S/C19H23N3O5/c1-19(2,20)16(18(26)22-27)21-17(25)14-9-7-13(8-10-14)5-3-4-6-15(24)11-12-23/h7-10,15-16,23-24,27H,11-12,20H2,1-2H3,(H,21,25)(H,22,26)/t15?,16-/m1/s1.